The van der Waals surface area contributed by atoms with Gasteiger partial charge in [0.25, 0.3) is 5.91 Å². The molecule has 0 spiro atoms. The highest BCUT2D eigenvalue weighted by molar-refractivity contribution is 5.96. The zero-order valence-electron chi connectivity index (χ0n) is 16.0. The Labute approximate surface area is 165 Å². The molecule has 2 aromatic carbocycles. The van der Waals surface area contributed by atoms with Crippen molar-refractivity contribution < 1.29 is 19.4 Å². The van der Waals surface area contributed by atoms with Crippen LogP contribution in [0.15, 0.2) is 42.5 Å². The molecule has 6 nitrogen and oxygen atoms in total. The van der Waals surface area contributed by atoms with Crippen LogP contribution in [-0.2, 0) is 27.5 Å². The smallest absolute Gasteiger partial charge is 0.253 e. The topological polar surface area (TPSA) is 62.2 Å². The number of fused-ring (bicyclic) bond motifs is 1. The van der Waals surface area contributed by atoms with Crippen LogP contribution in [0.25, 0.3) is 11.1 Å². The third-order valence-corrected chi connectivity index (χ3v) is 5.34. The molecule has 1 N–H and O–H groups in total. The summed E-state index contributed by atoms with van der Waals surface area (Å²) in [5, 5.41) is 9.39. The van der Waals surface area contributed by atoms with Crippen LogP contribution in [0.5, 0.6) is 0 Å². The number of amides is 1. The van der Waals surface area contributed by atoms with Gasteiger partial charge in [0.2, 0.25) is 0 Å². The zero-order chi connectivity index (χ0) is 19.3. The molecule has 0 atom stereocenters. The monoisotopic (exact) mass is 382 g/mol. The lowest BCUT2D eigenvalue weighted by Crippen LogP contribution is -2.43. The maximum absolute atomic E-state index is 12.6. The first-order valence-electron chi connectivity index (χ1n) is 9.76. The maximum Gasteiger partial charge on any atom is 0.253 e. The highest BCUT2D eigenvalue weighted by atomic mass is 16.5. The molecule has 28 heavy (non-hydrogen) atoms. The number of ether oxygens (including phenoxy) is 2. The van der Waals surface area contributed by atoms with Crippen LogP contribution in [-0.4, -0.2) is 61.9 Å². The largest absolute Gasteiger partial charge is 0.392 e. The average Bonchev–Trinajstić information content (AvgIpc) is 2.90. The van der Waals surface area contributed by atoms with Crippen molar-refractivity contribution in [3.05, 3.63) is 53.6 Å². The minimum atomic E-state index is 0.00189. The van der Waals surface area contributed by atoms with E-state index in [9.17, 15) is 9.90 Å². The summed E-state index contributed by atoms with van der Waals surface area (Å²) in [5.74, 6) is 0.00189. The lowest BCUT2D eigenvalue weighted by Gasteiger charge is -2.30. The number of anilines is 1. The van der Waals surface area contributed by atoms with Gasteiger partial charge < -0.3 is 19.5 Å². The van der Waals surface area contributed by atoms with Gasteiger partial charge in [-0.1, -0.05) is 24.3 Å². The lowest BCUT2D eigenvalue weighted by molar-refractivity contribution is -0.123. The molecule has 148 valence electrons. The second kappa shape index (κ2) is 8.84. The number of rotatable bonds is 5. The van der Waals surface area contributed by atoms with Crippen LogP contribution in [0.1, 0.15) is 11.1 Å². The van der Waals surface area contributed by atoms with Crippen LogP contribution in [0.4, 0.5) is 5.69 Å². The molecule has 2 aliphatic rings. The van der Waals surface area contributed by atoms with Gasteiger partial charge in [-0.25, -0.2) is 0 Å². The fourth-order valence-corrected chi connectivity index (χ4v) is 3.77. The molecule has 0 aliphatic carbocycles. The standard InChI is InChI=1S/C22H26N2O4/c25-14-17-2-1-3-18(12-17)19-4-5-21-20(13-19)15-28-16-22(26)24(21)7-6-23-8-10-27-11-9-23/h1-5,12-13,25H,6-11,14-16H2. The van der Waals surface area contributed by atoms with E-state index in [0.29, 0.717) is 13.2 Å². The number of aliphatic hydroxyl groups excluding tert-OH is 1. The van der Waals surface area contributed by atoms with E-state index in [1.165, 1.54) is 0 Å². The fourth-order valence-electron chi connectivity index (χ4n) is 3.77. The molecule has 0 aromatic heterocycles. The SMILES string of the molecule is O=C1COCc2cc(-c3cccc(CO)c3)ccc2N1CCN1CCOCC1. The van der Waals surface area contributed by atoms with Crippen LogP contribution in [0, 0.1) is 0 Å². The third kappa shape index (κ3) is 4.25. The minimum Gasteiger partial charge on any atom is -0.392 e. The van der Waals surface area contributed by atoms with Crippen molar-refractivity contribution in [1.82, 2.24) is 4.90 Å². The Bertz CT molecular complexity index is 833. The van der Waals surface area contributed by atoms with Gasteiger partial charge in [-0.2, -0.15) is 0 Å². The molecule has 6 heteroatoms. The van der Waals surface area contributed by atoms with Crippen LogP contribution in [0.2, 0.25) is 0 Å². The van der Waals surface area contributed by atoms with Gasteiger partial charge >= 0.3 is 0 Å². The van der Waals surface area contributed by atoms with E-state index < -0.39 is 0 Å². The summed E-state index contributed by atoms with van der Waals surface area (Å²) in [4.78, 5) is 16.8. The highest BCUT2D eigenvalue weighted by Gasteiger charge is 2.24. The van der Waals surface area contributed by atoms with Crippen molar-refractivity contribution in [3.63, 3.8) is 0 Å². The number of benzene rings is 2. The summed E-state index contributed by atoms with van der Waals surface area (Å²) in [6.45, 7) is 5.34. The first kappa shape index (κ1) is 19.1. The van der Waals surface area contributed by atoms with E-state index >= 15 is 0 Å². The molecule has 2 heterocycles. The normalized spacial score (nSPS) is 18.0. The summed E-state index contributed by atoms with van der Waals surface area (Å²) >= 11 is 0. The molecule has 1 amide bonds. The average molecular weight is 382 g/mol. The molecule has 2 aromatic rings. The van der Waals surface area contributed by atoms with Gasteiger partial charge in [0.1, 0.15) is 6.61 Å². The van der Waals surface area contributed by atoms with Gasteiger partial charge in [0, 0.05) is 37.4 Å². The lowest BCUT2D eigenvalue weighted by atomic mass is 10.00. The van der Waals surface area contributed by atoms with E-state index in [1.807, 2.05) is 41.3 Å². The molecule has 2 aliphatic heterocycles. The van der Waals surface area contributed by atoms with Crippen LogP contribution >= 0.6 is 0 Å². The molecule has 0 radical (unpaired) electrons. The number of hydrogen-bond acceptors (Lipinski definition) is 5. The van der Waals surface area contributed by atoms with Crippen molar-refractivity contribution in [1.29, 1.82) is 0 Å². The Morgan fingerprint density at radius 1 is 0.929 bits per heavy atom. The molecule has 4 rings (SSSR count). The summed E-state index contributed by atoms with van der Waals surface area (Å²) < 4.78 is 11.0. The number of carbonyl (C=O) groups excluding carboxylic acids is 1. The van der Waals surface area contributed by atoms with E-state index in [2.05, 4.69) is 11.0 Å². The first-order chi connectivity index (χ1) is 13.7. The van der Waals surface area contributed by atoms with E-state index in [-0.39, 0.29) is 19.1 Å². The van der Waals surface area contributed by atoms with Crippen molar-refractivity contribution in [2.24, 2.45) is 0 Å². The Morgan fingerprint density at radius 2 is 1.75 bits per heavy atom. The molecule has 0 saturated carbocycles. The van der Waals surface area contributed by atoms with E-state index in [0.717, 1.165) is 60.8 Å². The molecular weight excluding hydrogens is 356 g/mol. The quantitative estimate of drug-likeness (QED) is 0.858. The van der Waals surface area contributed by atoms with Gasteiger partial charge in [-0.3, -0.25) is 9.69 Å². The number of carbonyl (C=O) groups is 1. The van der Waals surface area contributed by atoms with Gasteiger partial charge in [-0.05, 0) is 34.9 Å². The van der Waals surface area contributed by atoms with Gasteiger partial charge in [0.15, 0.2) is 0 Å². The molecule has 0 bridgehead atoms. The highest BCUT2D eigenvalue weighted by Crippen LogP contribution is 2.30. The van der Waals surface area contributed by atoms with Crippen molar-refractivity contribution in [2.45, 2.75) is 13.2 Å². The Morgan fingerprint density at radius 3 is 2.57 bits per heavy atom. The number of nitrogens with zero attached hydrogens (tertiary/aromatic N) is 2. The summed E-state index contributed by atoms with van der Waals surface area (Å²) in [5.41, 5.74) is 4.92. The number of morpholine rings is 1. The van der Waals surface area contributed by atoms with Gasteiger partial charge in [-0.15, -0.1) is 0 Å². The van der Waals surface area contributed by atoms with Crippen molar-refractivity contribution in [3.8, 4) is 11.1 Å². The van der Waals surface area contributed by atoms with Gasteiger partial charge in [0.05, 0.1) is 26.4 Å². The zero-order valence-corrected chi connectivity index (χ0v) is 16.0. The Hall–Kier alpha value is -2.25. The third-order valence-electron chi connectivity index (χ3n) is 5.34. The molecular formula is C22H26N2O4. The van der Waals surface area contributed by atoms with Crippen LogP contribution < -0.4 is 4.90 Å². The number of aliphatic hydroxyl groups is 1. The van der Waals surface area contributed by atoms with Crippen LogP contribution in [0.3, 0.4) is 0 Å². The first-order valence-corrected chi connectivity index (χ1v) is 9.76. The van der Waals surface area contributed by atoms with Crippen molar-refractivity contribution in [2.75, 3.05) is 50.9 Å². The summed E-state index contributed by atoms with van der Waals surface area (Å²) in [6, 6.07) is 14.0. The summed E-state index contributed by atoms with van der Waals surface area (Å²) in [7, 11) is 0. The molecule has 0 unspecified atom stereocenters. The fraction of sp³-hybridized carbons (Fsp3) is 0.409. The van der Waals surface area contributed by atoms with E-state index in [4.69, 9.17) is 9.47 Å². The second-order valence-electron chi connectivity index (χ2n) is 7.19. The minimum absolute atomic E-state index is 0.00189. The predicted molar refractivity (Wildman–Crippen MR) is 107 cm³/mol. The van der Waals surface area contributed by atoms with E-state index in [1.54, 1.807) is 0 Å². The Balaban J connectivity index is 1.57. The summed E-state index contributed by atoms with van der Waals surface area (Å²) in [6.07, 6.45) is 0. The maximum atomic E-state index is 12.6. The predicted octanol–water partition coefficient (Wildman–Crippen LogP) is 2.04. The van der Waals surface area contributed by atoms with Crippen molar-refractivity contribution >= 4 is 11.6 Å². The Kier molecular flexibility index (Phi) is 6.02. The molecule has 1 fully saturated rings. The second-order valence-corrected chi connectivity index (χ2v) is 7.19. The molecule has 1 saturated heterocycles. The number of hydrogen-bond donors (Lipinski definition) is 1.